The third kappa shape index (κ3) is 5.24. The van der Waals surface area contributed by atoms with Gasteiger partial charge in [-0.3, -0.25) is 9.59 Å². The molecule has 0 aliphatic heterocycles. The summed E-state index contributed by atoms with van der Waals surface area (Å²) in [6, 6.07) is 3.93. The zero-order chi connectivity index (χ0) is 20.4. The zero-order valence-electron chi connectivity index (χ0n) is 16.0. The third-order valence-corrected chi connectivity index (χ3v) is 6.34. The molecular formula is C17H23N3O5S2. The van der Waals surface area contributed by atoms with E-state index in [4.69, 9.17) is 4.74 Å². The van der Waals surface area contributed by atoms with Gasteiger partial charge in [-0.1, -0.05) is 17.4 Å². The van der Waals surface area contributed by atoms with Crippen molar-refractivity contribution in [1.82, 2.24) is 8.87 Å². The van der Waals surface area contributed by atoms with Gasteiger partial charge in [0.2, 0.25) is 10.0 Å². The first-order valence-electron chi connectivity index (χ1n) is 8.28. The van der Waals surface area contributed by atoms with Gasteiger partial charge in [0, 0.05) is 7.05 Å². The second-order valence-electron chi connectivity index (χ2n) is 6.23. The van der Waals surface area contributed by atoms with E-state index in [-0.39, 0.29) is 19.7 Å². The molecule has 1 aromatic carbocycles. The van der Waals surface area contributed by atoms with Crippen molar-refractivity contribution in [3.8, 4) is 0 Å². The van der Waals surface area contributed by atoms with E-state index in [1.165, 1.54) is 18.4 Å². The van der Waals surface area contributed by atoms with Crippen molar-refractivity contribution in [3.05, 3.63) is 28.1 Å². The molecular weight excluding hydrogens is 390 g/mol. The van der Waals surface area contributed by atoms with Crippen LogP contribution in [0.4, 0.5) is 0 Å². The average Bonchev–Trinajstić information content (AvgIpc) is 2.84. The summed E-state index contributed by atoms with van der Waals surface area (Å²) in [7, 11) is -2.18. The lowest BCUT2D eigenvalue weighted by Crippen LogP contribution is -2.32. The molecule has 2 rings (SSSR count). The van der Waals surface area contributed by atoms with E-state index in [0.29, 0.717) is 4.80 Å². The summed E-state index contributed by atoms with van der Waals surface area (Å²) >= 11 is 1.28. The number of nitrogens with zero attached hydrogens (tertiary/aromatic N) is 3. The Morgan fingerprint density at radius 3 is 2.56 bits per heavy atom. The van der Waals surface area contributed by atoms with E-state index in [2.05, 4.69) is 4.99 Å². The number of sulfonamides is 1. The van der Waals surface area contributed by atoms with Crippen molar-refractivity contribution in [1.29, 1.82) is 0 Å². The smallest absolute Gasteiger partial charge is 0.326 e. The quantitative estimate of drug-likeness (QED) is 0.663. The van der Waals surface area contributed by atoms with Gasteiger partial charge < -0.3 is 9.30 Å². The molecule has 8 nitrogen and oxygen atoms in total. The molecule has 2 aromatic rings. The first-order chi connectivity index (χ1) is 12.5. The largest absolute Gasteiger partial charge is 0.465 e. The van der Waals surface area contributed by atoms with Crippen molar-refractivity contribution in [2.24, 2.45) is 4.99 Å². The van der Waals surface area contributed by atoms with Crippen LogP contribution in [0.3, 0.4) is 0 Å². The summed E-state index contributed by atoms with van der Waals surface area (Å²) in [4.78, 5) is 28.7. The van der Waals surface area contributed by atoms with Crippen LogP contribution >= 0.6 is 11.3 Å². The van der Waals surface area contributed by atoms with Gasteiger partial charge in [-0.05, 0) is 38.0 Å². The highest BCUT2D eigenvalue weighted by atomic mass is 32.2. The fraction of sp³-hybridized carbons (Fsp3) is 0.471. The highest BCUT2D eigenvalue weighted by Crippen LogP contribution is 2.23. The standard InChI is InChI=1S/C17H23N3O5S2/c1-6-25-15(22)10-20-13-8-11(2)7-12(3)16(13)26-17(20)18-14(21)9-19(4)27(5,23)24/h7-8H,6,9-10H2,1-5H3. The van der Waals surface area contributed by atoms with Crippen LogP contribution in [0.5, 0.6) is 0 Å². The molecule has 0 N–H and O–H groups in total. The number of amides is 1. The highest BCUT2D eigenvalue weighted by Gasteiger charge is 2.17. The Balaban J connectivity index is 2.55. The monoisotopic (exact) mass is 413 g/mol. The molecule has 0 radical (unpaired) electrons. The molecule has 0 saturated carbocycles. The summed E-state index contributed by atoms with van der Waals surface area (Å²) in [6.07, 6.45) is 1.02. The van der Waals surface area contributed by atoms with Crippen LogP contribution in [-0.4, -0.2) is 55.6 Å². The molecule has 0 spiro atoms. The van der Waals surface area contributed by atoms with Crippen LogP contribution < -0.4 is 4.80 Å². The molecule has 148 valence electrons. The Bertz CT molecular complexity index is 1050. The molecule has 0 fully saturated rings. The van der Waals surface area contributed by atoms with Gasteiger partial charge in [0.05, 0.1) is 29.6 Å². The summed E-state index contributed by atoms with van der Waals surface area (Å²) in [5.74, 6) is -1.04. The fourth-order valence-corrected chi connectivity index (χ4v) is 3.98. The van der Waals surface area contributed by atoms with E-state index < -0.39 is 21.9 Å². The van der Waals surface area contributed by atoms with E-state index in [0.717, 1.165) is 31.9 Å². The zero-order valence-corrected chi connectivity index (χ0v) is 17.6. The van der Waals surface area contributed by atoms with Crippen LogP contribution in [0.25, 0.3) is 10.2 Å². The minimum absolute atomic E-state index is 0.0786. The lowest BCUT2D eigenvalue weighted by molar-refractivity contribution is -0.143. The maximum Gasteiger partial charge on any atom is 0.326 e. The molecule has 0 aliphatic carbocycles. The predicted molar refractivity (Wildman–Crippen MR) is 104 cm³/mol. The number of carbonyl (C=O) groups is 2. The Kier molecular flexibility index (Phi) is 6.55. The number of ether oxygens (including phenoxy) is 1. The first kappa shape index (κ1) is 21.3. The number of carbonyl (C=O) groups excluding carboxylic acids is 2. The molecule has 0 atom stereocenters. The summed E-state index contributed by atoms with van der Waals surface area (Å²) in [6.45, 7) is 5.42. The molecule has 0 bridgehead atoms. The van der Waals surface area contributed by atoms with E-state index in [9.17, 15) is 18.0 Å². The van der Waals surface area contributed by atoms with Crippen LogP contribution in [0.15, 0.2) is 17.1 Å². The molecule has 27 heavy (non-hydrogen) atoms. The number of aryl methyl sites for hydroxylation is 2. The lowest BCUT2D eigenvalue weighted by Gasteiger charge is -2.10. The summed E-state index contributed by atoms with van der Waals surface area (Å²) in [5, 5.41) is 0. The number of thiazole rings is 1. The number of hydrogen-bond donors (Lipinski definition) is 0. The van der Waals surface area contributed by atoms with Gasteiger partial charge in [-0.25, -0.2) is 8.42 Å². The second kappa shape index (κ2) is 8.32. The van der Waals surface area contributed by atoms with Gasteiger partial charge in [-0.15, -0.1) is 0 Å². The number of rotatable bonds is 6. The molecule has 1 heterocycles. The number of esters is 1. The normalized spacial score (nSPS) is 12.7. The Labute approximate surface area is 162 Å². The maximum absolute atomic E-state index is 12.3. The predicted octanol–water partition coefficient (Wildman–Crippen LogP) is 1.20. The van der Waals surface area contributed by atoms with Crippen molar-refractivity contribution < 1.29 is 22.7 Å². The number of hydrogen-bond acceptors (Lipinski definition) is 6. The van der Waals surface area contributed by atoms with Gasteiger partial charge in [-0.2, -0.15) is 9.30 Å². The van der Waals surface area contributed by atoms with Gasteiger partial charge in [0.1, 0.15) is 6.54 Å². The van der Waals surface area contributed by atoms with Gasteiger partial charge in [0.15, 0.2) is 4.80 Å². The Hall–Kier alpha value is -2.04. The number of fused-ring (bicyclic) bond motifs is 1. The average molecular weight is 414 g/mol. The Morgan fingerprint density at radius 2 is 1.96 bits per heavy atom. The molecule has 1 amide bonds. The van der Waals surface area contributed by atoms with Crippen LogP contribution in [-0.2, 0) is 30.9 Å². The van der Waals surface area contributed by atoms with Crippen molar-refractivity contribution in [2.75, 3.05) is 26.5 Å². The molecule has 0 unspecified atom stereocenters. The summed E-state index contributed by atoms with van der Waals surface area (Å²) in [5.41, 5.74) is 2.81. The van der Waals surface area contributed by atoms with Crippen LogP contribution in [0.1, 0.15) is 18.1 Å². The fourth-order valence-electron chi connectivity index (χ4n) is 2.54. The molecule has 1 aromatic heterocycles. The van der Waals surface area contributed by atoms with Crippen molar-refractivity contribution in [2.45, 2.75) is 27.3 Å². The number of likely N-dealkylation sites (N-methyl/N-ethyl adjacent to an activating group) is 1. The molecule has 0 saturated heterocycles. The Morgan fingerprint density at radius 1 is 1.30 bits per heavy atom. The first-order valence-corrected chi connectivity index (χ1v) is 10.9. The van der Waals surface area contributed by atoms with Crippen LogP contribution in [0.2, 0.25) is 0 Å². The highest BCUT2D eigenvalue weighted by molar-refractivity contribution is 7.88. The SMILES string of the molecule is CCOC(=O)Cn1c(=NC(=O)CN(C)S(C)(=O)=O)sc2c(C)cc(C)cc21. The number of benzene rings is 1. The van der Waals surface area contributed by atoms with Crippen LogP contribution in [0, 0.1) is 13.8 Å². The van der Waals surface area contributed by atoms with Gasteiger partial charge >= 0.3 is 5.97 Å². The number of aromatic nitrogens is 1. The van der Waals surface area contributed by atoms with Crippen molar-refractivity contribution >= 4 is 43.5 Å². The minimum atomic E-state index is -3.49. The van der Waals surface area contributed by atoms with E-state index in [1.807, 2.05) is 26.0 Å². The van der Waals surface area contributed by atoms with Crippen molar-refractivity contribution in [3.63, 3.8) is 0 Å². The van der Waals surface area contributed by atoms with Gasteiger partial charge in [0.25, 0.3) is 5.91 Å². The maximum atomic E-state index is 12.3. The van der Waals surface area contributed by atoms with E-state index >= 15 is 0 Å². The topological polar surface area (TPSA) is 98.0 Å². The molecule has 10 heteroatoms. The lowest BCUT2D eigenvalue weighted by atomic mass is 10.1. The minimum Gasteiger partial charge on any atom is -0.465 e. The molecule has 0 aliphatic rings. The van der Waals surface area contributed by atoms with E-state index in [1.54, 1.807) is 11.5 Å². The summed E-state index contributed by atoms with van der Waals surface area (Å²) < 4.78 is 31.5. The third-order valence-electron chi connectivity index (χ3n) is 3.85. The second-order valence-corrected chi connectivity index (χ2v) is 9.30.